The molecule has 0 radical (unpaired) electrons. The number of carbonyl (C=O) groups excluding carboxylic acids is 2. The number of carbonyl (C=O) groups is 2. The van der Waals surface area contributed by atoms with E-state index in [0.29, 0.717) is 22.2 Å². The van der Waals surface area contributed by atoms with Crippen LogP contribution in [0.15, 0.2) is 65.3 Å². The highest BCUT2D eigenvalue weighted by Gasteiger charge is 2.12. The average molecular weight is 399 g/mol. The number of hydrogen-bond acceptors (Lipinski definition) is 4. The van der Waals surface area contributed by atoms with Gasteiger partial charge in [0.2, 0.25) is 5.91 Å². The number of ether oxygens (including phenoxy) is 1. The topological polar surface area (TPSA) is 80.6 Å². The predicted molar refractivity (Wildman–Crippen MR) is 107 cm³/mol. The zero-order valence-electron chi connectivity index (χ0n) is 15.2. The van der Waals surface area contributed by atoms with Crippen molar-refractivity contribution in [3.8, 4) is 11.5 Å². The van der Waals surface area contributed by atoms with Crippen molar-refractivity contribution >= 4 is 29.1 Å². The maximum Gasteiger partial charge on any atom is 0.286 e. The molecule has 0 aliphatic heterocycles. The molecule has 2 aromatic carbocycles. The van der Waals surface area contributed by atoms with Crippen LogP contribution in [-0.4, -0.2) is 18.4 Å². The van der Waals surface area contributed by atoms with Crippen molar-refractivity contribution in [2.45, 2.75) is 13.3 Å². The molecule has 0 aliphatic carbocycles. The highest BCUT2D eigenvalue weighted by Crippen LogP contribution is 2.32. The molecular formula is C21H19ClN2O4. The molecule has 0 fully saturated rings. The van der Waals surface area contributed by atoms with Gasteiger partial charge in [-0.1, -0.05) is 29.3 Å². The number of anilines is 1. The van der Waals surface area contributed by atoms with Crippen LogP contribution < -0.4 is 15.4 Å². The van der Waals surface area contributed by atoms with Crippen molar-refractivity contribution in [3.63, 3.8) is 0 Å². The molecule has 0 bridgehead atoms. The molecule has 0 saturated heterocycles. The van der Waals surface area contributed by atoms with E-state index in [1.165, 1.54) is 6.26 Å². The Labute approximate surface area is 167 Å². The van der Waals surface area contributed by atoms with E-state index in [9.17, 15) is 9.59 Å². The van der Waals surface area contributed by atoms with Gasteiger partial charge in [-0.15, -0.1) is 0 Å². The Kier molecular flexibility index (Phi) is 6.34. The third kappa shape index (κ3) is 5.37. The number of hydrogen-bond donors (Lipinski definition) is 2. The van der Waals surface area contributed by atoms with Crippen LogP contribution in [0, 0.1) is 6.92 Å². The molecule has 0 aliphatic rings. The van der Waals surface area contributed by atoms with E-state index < -0.39 is 0 Å². The van der Waals surface area contributed by atoms with Gasteiger partial charge in [0.05, 0.1) is 12.0 Å². The first kappa shape index (κ1) is 19.5. The van der Waals surface area contributed by atoms with E-state index in [1.807, 2.05) is 31.2 Å². The van der Waals surface area contributed by atoms with Crippen LogP contribution >= 0.6 is 11.6 Å². The van der Waals surface area contributed by atoms with E-state index in [1.54, 1.807) is 30.3 Å². The first-order valence-corrected chi connectivity index (χ1v) is 9.05. The summed E-state index contributed by atoms with van der Waals surface area (Å²) in [5.74, 6) is 0.666. The average Bonchev–Trinajstić information content (AvgIpc) is 3.20. The van der Waals surface area contributed by atoms with Gasteiger partial charge in [0, 0.05) is 18.0 Å². The van der Waals surface area contributed by atoms with Crippen molar-refractivity contribution in [1.29, 1.82) is 0 Å². The van der Waals surface area contributed by atoms with E-state index in [-0.39, 0.29) is 30.5 Å². The molecule has 144 valence electrons. The molecule has 0 saturated carbocycles. The number of halogens is 1. The lowest BCUT2D eigenvalue weighted by Gasteiger charge is -2.13. The molecule has 2 amide bonds. The first-order valence-electron chi connectivity index (χ1n) is 8.67. The fourth-order valence-corrected chi connectivity index (χ4v) is 2.59. The Morgan fingerprint density at radius 1 is 1.11 bits per heavy atom. The lowest BCUT2D eigenvalue weighted by atomic mass is 10.2. The summed E-state index contributed by atoms with van der Waals surface area (Å²) in [4.78, 5) is 24.1. The van der Waals surface area contributed by atoms with Gasteiger partial charge in [0.25, 0.3) is 5.91 Å². The summed E-state index contributed by atoms with van der Waals surface area (Å²) >= 11 is 6.05. The van der Waals surface area contributed by atoms with Gasteiger partial charge < -0.3 is 19.8 Å². The van der Waals surface area contributed by atoms with Gasteiger partial charge >= 0.3 is 0 Å². The summed E-state index contributed by atoms with van der Waals surface area (Å²) in [5.41, 5.74) is 1.57. The van der Waals surface area contributed by atoms with E-state index in [0.717, 1.165) is 5.56 Å². The first-order chi connectivity index (χ1) is 13.5. The third-order valence-corrected chi connectivity index (χ3v) is 4.08. The maximum atomic E-state index is 12.3. The lowest BCUT2D eigenvalue weighted by molar-refractivity contribution is -0.116. The van der Waals surface area contributed by atoms with Crippen molar-refractivity contribution in [3.05, 3.63) is 77.2 Å². The molecule has 0 spiro atoms. The minimum atomic E-state index is -0.371. The Morgan fingerprint density at radius 3 is 2.61 bits per heavy atom. The van der Waals surface area contributed by atoms with Gasteiger partial charge in [0.1, 0.15) is 5.75 Å². The Bertz CT molecular complexity index is 953. The van der Waals surface area contributed by atoms with Gasteiger partial charge in [0.15, 0.2) is 11.5 Å². The highest BCUT2D eigenvalue weighted by molar-refractivity contribution is 6.31. The standard InChI is InChI=1S/C21H19ClN2O4/c1-14-4-7-16(8-5-14)28-18-9-6-15(22)13-17(18)24-20(25)10-11-23-21(26)19-3-2-12-27-19/h2-9,12-13H,10-11H2,1H3,(H,23,26)(H,24,25). The summed E-state index contributed by atoms with van der Waals surface area (Å²) in [6.45, 7) is 2.16. The van der Waals surface area contributed by atoms with Crippen molar-refractivity contribution < 1.29 is 18.7 Å². The molecule has 3 rings (SSSR count). The van der Waals surface area contributed by atoms with Gasteiger partial charge in [-0.2, -0.15) is 0 Å². The number of nitrogens with one attached hydrogen (secondary N) is 2. The maximum absolute atomic E-state index is 12.3. The smallest absolute Gasteiger partial charge is 0.286 e. The highest BCUT2D eigenvalue weighted by atomic mass is 35.5. The number of amides is 2. The predicted octanol–water partition coefficient (Wildman–Crippen LogP) is 4.79. The number of aryl methyl sites for hydroxylation is 1. The summed E-state index contributed by atoms with van der Waals surface area (Å²) in [7, 11) is 0. The van der Waals surface area contributed by atoms with Crippen LogP contribution in [0.2, 0.25) is 5.02 Å². The van der Waals surface area contributed by atoms with Crippen molar-refractivity contribution in [1.82, 2.24) is 5.32 Å². The Balaban J connectivity index is 1.59. The van der Waals surface area contributed by atoms with Gasteiger partial charge in [-0.05, 0) is 49.4 Å². The van der Waals surface area contributed by atoms with Gasteiger partial charge in [-0.25, -0.2) is 0 Å². The van der Waals surface area contributed by atoms with Crippen molar-refractivity contribution in [2.75, 3.05) is 11.9 Å². The normalized spacial score (nSPS) is 10.4. The molecule has 0 unspecified atom stereocenters. The monoisotopic (exact) mass is 398 g/mol. The molecule has 2 N–H and O–H groups in total. The lowest BCUT2D eigenvalue weighted by Crippen LogP contribution is -2.27. The molecule has 1 heterocycles. The minimum absolute atomic E-state index is 0.0862. The van der Waals surface area contributed by atoms with Crippen LogP contribution in [0.3, 0.4) is 0 Å². The summed E-state index contributed by atoms with van der Waals surface area (Å²) in [6, 6.07) is 15.7. The number of rotatable bonds is 7. The fraction of sp³-hybridized carbons (Fsp3) is 0.143. The fourth-order valence-electron chi connectivity index (χ4n) is 2.42. The Hall–Kier alpha value is -3.25. The summed E-state index contributed by atoms with van der Waals surface area (Å²) in [6.07, 6.45) is 1.50. The number of benzene rings is 2. The molecule has 7 heteroatoms. The SMILES string of the molecule is Cc1ccc(Oc2ccc(Cl)cc2NC(=O)CCNC(=O)c2ccco2)cc1. The quantitative estimate of drug-likeness (QED) is 0.599. The molecule has 6 nitrogen and oxygen atoms in total. The third-order valence-electron chi connectivity index (χ3n) is 3.85. The second-order valence-electron chi connectivity index (χ2n) is 6.09. The largest absolute Gasteiger partial charge is 0.459 e. The molecule has 0 atom stereocenters. The zero-order chi connectivity index (χ0) is 19.9. The summed E-state index contributed by atoms with van der Waals surface area (Å²) in [5, 5.41) is 5.86. The second-order valence-corrected chi connectivity index (χ2v) is 6.52. The molecule has 1 aromatic heterocycles. The van der Waals surface area contributed by atoms with Crippen molar-refractivity contribution in [2.24, 2.45) is 0 Å². The van der Waals surface area contributed by atoms with Gasteiger partial charge in [-0.3, -0.25) is 9.59 Å². The van der Waals surface area contributed by atoms with Crippen LogP contribution in [0.1, 0.15) is 22.5 Å². The van der Waals surface area contributed by atoms with E-state index >= 15 is 0 Å². The zero-order valence-corrected chi connectivity index (χ0v) is 16.0. The molecular weight excluding hydrogens is 380 g/mol. The second kappa shape index (κ2) is 9.10. The van der Waals surface area contributed by atoms with Crippen LogP contribution in [-0.2, 0) is 4.79 Å². The van der Waals surface area contributed by atoms with Crippen LogP contribution in [0.4, 0.5) is 5.69 Å². The Morgan fingerprint density at radius 2 is 1.89 bits per heavy atom. The minimum Gasteiger partial charge on any atom is -0.459 e. The van der Waals surface area contributed by atoms with Crippen LogP contribution in [0.5, 0.6) is 11.5 Å². The van der Waals surface area contributed by atoms with E-state index in [4.69, 9.17) is 20.8 Å². The molecule has 28 heavy (non-hydrogen) atoms. The summed E-state index contributed by atoms with van der Waals surface area (Å²) < 4.78 is 10.9. The van der Waals surface area contributed by atoms with E-state index in [2.05, 4.69) is 10.6 Å². The van der Waals surface area contributed by atoms with Crippen LogP contribution in [0.25, 0.3) is 0 Å². The number of furan rings is 1. The molecule has 3 aromatic rings.